The number of nitrogens with zero attached hydrogens (tertiary/aromatic N) is 2. The Balaban J connectivity index is 1.18. The highest BCUT2D eigenvalue weighted by Crippen LogP contribution is 2.34. The summed E-state index contributed by atoms with van der Waals surface area (Å²) in [5, 5.41) is 6.68. The molecule has 3 aromatic heterocycles. The number of thiophene rings is 1. The van der Waals surface area contributed by atoms with Crippen molar-refractivity contribution in [1.29, 1.82) is 0 Å². The summed E-state index contributed by atoms with van der Waals surface area (Å²) in [7, 11) is 0. The van der Waals surface area contributed by atoms with Crippen LogP contribution in [-0.4, -0.2) is 26.6 Å². The zero-order valence-corrected chi connectivity index (χ0v) is 21.1. The number of H-pyrrole nitrogens is 1. The van der Waals surface area contributed by atoms with Crippen LogP contribution in [0.4, 0.5) is 5.13 Å². The Bertz CT molecular complexity index is 1430. The van der Waals surface area contributed by atoms with Gasteiger partial charge < -0.3 is 10.3 Å². The highest BCUT2D eigenvalue weighted by molar-refractivity contribution is 7.99. The van der Waals surface area contributed by atoms with E-state index in [-0.39, 0.29) is 17.2 Å². The summed E-state index contributed by atoms with van der Waals surface area (Å²) in [6.45, 7) is 0. The van der Waals surface area contributed by atoms with Crippen molar-refractivity contribution in [2.45, 2.75) is 56.5 Å². The first-order valence-corrected chi connectivity index (χ1v) is 14.4. The van der Waals surface area contributed by atoms with Gasteiger partial charge in [-0.25, -0.2) is 9.97 Å². The Hall–Kier alpha value is -2.49. The molecule has 2 N–H and O–H groups in total. The predicted molar refractivity (Wildman–Crippen MR) is 140 cm³/mol. The van der Waals surface area contributed by atoms with E-state index in [1.807, 2.05) is 5.38 Å². The molecule has 4 aromatic rings. The zero-order valence-electron chi connectivity index (χ0n) is 18.6. The first-order valence-electron chi connectivity index (χ1n) is 11.7. The molecule has 3 heterocycles. The molecule has 9 heteroatoms. The summed E-state index contributed by atoms with van der Waals surface area (Å²) >= 11 is 4.29. The topological polar surface area (TPSA) is 87.7 Å². The van der Waals surface area contributed by atoms with Gasteiger partial charge in [0.2, 0.25) is 5.91 Å². The van der Waals surface area contributed by atoms with Crippen LogP contribution < -0.4 is 10.9 Å². The maximum Gasteiger partial charge on any atom is 0.260 e. The molecule has 0 spiro atoms. The van der Waals surface area contributed by atoms with Gasteiger partial charge in [0.1, 0.15) is 4.83 Å². The number of amides is 1. The van der Waals surface area contributed by atoms with E-state index >= 15 is 0 Å². The first kappa shape index (κ1) is 22.0. The molecule has 0 radical (unpaired) electrons. The lowest BCUT2D eigenvalue weighted by atomic mass is 9.89. The van der Waals surface area contributed by atoms with Crippen LogP contribution in [0.5, 0.6) is 0 Å². The minimum atomic E-state index is -0.158. The second kappa shape index (κ2) is 9.28. The van der Waals surface area contributed by atoms with Crippen molar-refractivity contribution in [2.24, 2.45) is 0 Å². The minimum Gasteiger partial charge on any atom is -0.301 e. The van der Waals surface area contributed by atoms with Gasteiger partial charge in [0.05, 0.1) is 16.8 Å². The van der Waals surface area contributed by atoms with Crippen LogP contribution in [0.25, 0.3) is 21.3 Å². The normalized spacial score (nSPS) is 15.2. The number of anilines is 1. The van der Waals surface area contributed by atoms with Gasteiger partial charge in [0, 0.05) is 15.8 Å². The predicted octanol–water partition coefficient (Wildman–Crippen LogP) is 5.60. The molecule has 2 aliphatic carbocycles. The monoisotopic (exact) mass is 508 g/mol. The van der Waals surface area contributed by atoms with E-state index in [0.717, 1.165) is 42.5 Å². The Morgan fingerprint density at radius 2 is 1.88 bits per heavy atom. The van der Waals surface area contributed by atoms with Gasteiger partial charge in [-0.1, -0.05) is 30.0 Å². The number of benzene rings is 1. The second-order valence-corrected chi connectivity index (χ2v) is 11.7. The van der Waals surface area contributed by atoms with Gasteiger partial charge in [0.25, 0.3) is 5.56 Å². The average Bonchev–Trinajstić information content (AvgIpc) is 3.46. The number of aryl methyl sites for hydroxylation is 4. The number of hydrogen-bond donors (Lipinski definition) is 2. The van der Waals surface area contributed by atoms with Crippen LogP contribution in [0.1, 0.15) is 47.4 Å². The number of aromatic nitrogens is 3. The van der Waals surface area contributed by atoms with Crippen LogP contribution in [0.3, 0.4) is 0 Å². The van der Waals surface area contributed by atoms with E-state index in [1.165, 1.54) is 64.8 Å². The SMILES string of the molecule is O=C(CSc1nc2scc(-c3ccc4c(c3)CCCC4)c2c(=O)[nH]1)Nc1nc2c(s1)CCCC2. The van der Waals surface area contributed by atoms with E-state index < -0.39 is 0 Å². The lowest BCUT2D eigenvalue weighted by molar-refractivity contribution is -0.113. The summed E-state index contributed by atoms with van der Waals surface area (Å²) in [5.74, 6) is 0.0293. The summed E-state index contributed by atoms with van der Waals surface area (Å²) in [4.78, 5) is 39.5. The lowest BCUT2D eigenvalue weighted by Gasteiger charge is -2.16. The molecule has 1 aromatic carbocycles. The summed E-state index contributed by atoms with van der Waals surface area (Å²) in [5.41, 5.74) is 5.80. The highest BCUT2D eigenvalue weighted by atomic mass is 32.2. The molecule has 0 fully saturated rings. The average molecular weight is 509 g/mol. The quantitative estimate of drug-likeness (QED) is 0.271. The van der Waals surface area contributed by atoms with Gasteiger partial charge in [-0.05, 0) is 68.1 Å². The Morgan fingerprint density at radius 1 is 1.06 bits per heavy atom. The molecule has 6 nitrogen and oxygen atoms in total. The third kappa shape index (κ3) is 4.32. The van der Waals surface area contributed by atoms with Crippen molar-refractivity contribution < 1.29 is 4.79 Å². The molecule has 0 atom stereocenters. The van der Waals surface area contributed by atoms with E-state index in [0.29, 0.717) is 20.5 Å². The van der Waals surface area contributed by atoms with E-state index in [2.05, 4.69) is 38.5 Å². The molecule has 0 saturated heterocycles. The van der Waals surface area contributed by atoms with Crippen LogP contribution in [-0.2, 0) is 30.5 Å². The molecule has 6 rings (SSSR count). The van der Waals surface area contributed by atoms with Gasteiger partial charge in [0.15, 0.2) is 10.3 Å². The smallest absolute Gasteiger partial charge is 0.260 e. The molecular formula is C25H24N4O2S3. The molecule has 174 valence electrons. The van der Waals surface area contributed by atoms with Crippen molar-refractivity contribution in [3.63, 3.8) is 0 Å². The summed E-state index contributed by atoms with van der Waals surface area (Å²) in [6.07, 6.45) is 9.12. The number of nitrogens with one attached hydrogen (secondary N) is 2. The molecular weight excluding hydrogens is 485 g/mol. The fraction of sp³-hybridized carbons (Fsp3) is 0.360. The number of rotatable bonds is 5. The lowest BCUT2D eigenvalue weighted by Crippen LogP contribution is -2.15. The molecule has 0 unspecified atom stereocenters. The number of fused-ring (bicyclic) bond motifs is 3. The van der Waals surface area contributed by atoms with Gasteiger partial charge in [-0.15, -0.1) is 22.7 Å². The number of hydrogen-bond acceptors (Lipinski definition) is 7. The largest absolute Gasteiger partial charge is 0.301 e. The Kier molecular flexibility index (Phi) is 6.01. The second-order valence-electron chi connectivity index (χ2n) is 8.82. The van der Waals surface area contributed by atoms with Crippen molar-refractivity contribution in [3.8, 4) is 11.1 Å². The van der Waals surface area contributed by atoms with Crippen molar-refractivity contribution >= 4 is 55.7 Å². The van der Waals surface area contributed by atoms with Crippen molar-refractivity contribution in [3.05, 3.63) is 55.6 Å². The molecule has 0 saturated carbocycles. The fourth-order valence-corrected chi connectivity index (χ4v) is 7.54. The Labute approximate surface area is 209 Å². The maximum absolute atomic E-state index is 13.0. The third-order valence-electron chi connectivity index (χ3n) is 6.51. The highest BCUT2D eigenvalue weighted by Gasteiger charge is 2.18. The third-order valence-corrected chi connectivity index (χ3v) is 9.33. The number of thioether (sulfide) groups is 1. The molecule has 2 aliphatic rings. The fourth-order valence-electron chi connectivity index (χ4n) is 4.81. The van der Waals surface area contributed by atoms with Crippen molar-refractivity contribution in [2.75, 3.05) is 11.1 Å². The minimum absolute atomic E-state index is 0.139. The summed E-state index contributed by atoms with van der Waals surface area (Å²) < 4.78 is 0. The van der Waals surface area contributed by atoms with Crippen LogP contribution in [0, 0.1) is 0 Å². The van der Waals surface area contributed by atoms with Crippen LogP contribution >= 0.6 is 34.4 Å². The van der Waals surface area contributed by atoms with Crippen LogP contribution in [0.15, 0.2) is 33.5 Å². The molecule has 0 aliphatic heterocycles. The molecule has 1 amide bonds. The van der Waals surface area contributed by atoms with E-state index in [1.54, 1.807) is 11.3 Å². The van der Waals surface area contributed by atoms with Gasteiger partial charge in [-0.3, -0.25) is 9.59 Å². The van der Waals surface area contributed by atoms with Crippen LogP contribution in [0.2, 0.25) is 0 Å². The number of carbonyl (C=O) groups excluding carboxylic acids is 1. The zero-order chi connectivity index (χ0) is 23.1. The van der Waals surface area contributed by atoms with E-state index in [4.69, 9.17) is 0 Å². The van der Waals surface area contributed by atoms with Gasteiger partial charge in [-0.2, -0.15) is 0 Å². The van der Waals surface area contributed by atoms with Gasteiger partial charge >= 0.3 is 0 Å². The van der Waals surface area contributed by atoms with Crippen molar-refractivity contribution in [1.82, 2.24) is 15.0 Å². The standard InChI is InChI=1S/C25H24N4O2S3/c30-20(27-25-26-18-7-3-4-8-19(18)34-25)13-33-24-28-22(31)21-17(12-32-23(21)29-24)16-10-9-14-5-1-2-6-15(14)11-16/h9-12H,1-8,13H2,(H,26,27,30)(H,28,29,31). The maximum atomic E-state index is 13.0. The Morgan fingerprint density at radius 3 is 2.76 bits per heavy atom. The number of aromatic amines is 1. The molecule has 0 bridgehead atoms. The summed E-state index contributed by atoms with van der Waals surface area (Å²) in [6, 6.07) is 6.56. The van der Waals surface area contributed by atoms with E-state index in [9.17, 15) is 9.59 Å². The molecule has 34 heavy (non-hydrogen) atoms. The number of carbonyl (C=O) groups is 1. The first-order chi connectivity index (χ1) is 16.6. The number of thiazole rings is 1.